The number of hydrogen-bond donors (Lipinski definition) is 3. The summed E-state index contributed by atoms with van der Waals surface area (Å²) < 4.78 is 2.39. The fourth-order valence-electron chi connectivity index (χ4n) is 0.683. The Morgan fingerprint density at radius 3 is 2.90 bits per heavy atom. The van der Waals surface area contributed by atoms with E-state index in [0.717, 1.165) is 5.57 Å². The number of amides is 1. The highest BCUT2D eigenvalue weighted by molar-refractivity contribution is 8.21. The van der Waals surface area contributed by atoms with Crippen molar-refractivity contribution in [2.75, 3.05) is 0 Å². The molecule has 1 aliphatic heterocycles. The van der Waals surface area contributed by atoms with E-state index in [1.165, 1.54) is 0 Å². The Morgan fingerprint density at radius 2 is 2.50 bits per heavy atom. The van der Waals surface area contributed by atoms with Crippen molar-refractivity contribution in [2.24, 2.45) is 0 Å². The Balaban J connectivity index is 2.47. The van der Waals surface area contributed by atoms with Gasteiger partial charge in [0, 0.05) is 0 Å². The number of nitrogens with one attached hydrogen (secondary N) is 1. The lowest BCUT2D eigenvalue weighted by molar-refractivity contribution is 0.202. The van der Waals surface area contributed by atoms with Crippen LogP contribution >= 0.6 is 11.1 Å². The lowest BCUT2D eigenvalue weighted by atomic mass is 10.4. The number of rotatable bonds is 1. The van der Waals surface area contributed by atoms with Crippen LogP contribution in [0, 0.1) is 0 Å². The maximum absolute atomic E-state index is 10.1. The van der Waals surface area contributed by atoms with Crippen molar-refractivity contribution >= 4 is 17.2 Å². The van der Waals surface area contributed by atoms with Gasteiger partial charge in [0.1, 0.15) is 0 Å². The first-order valence-electron chi connectivity index (χ1n) is 2.83. The second kappa shape index (κ2) is 2.79. The van der Waals surface area contributed by atoms with Gasteiger partial charge in [-0.1, -0.05) is 6.08 Å². The van der Waals surface area contributed by atoms with Crippen molar-refractivity contribution in [3.05, 3.63) is 22.5 Å². The zero-order valence-electron chi connectivity index (χ0n) is 5.53. The summed E-state index contributed by atoms with van der Waals surface area (Å²) >= 11 is -0.716. The fraction of sp³-hybridized carbons (Fsp3) is 0.167. The Bertz CT molecular complexity index is 210. The molecule has 0 bridgehead atoms. The van der Waals surface area contributed by atoms with E-state index in [-0.39, 0.29) is 0 Å². The topological polar surface area (TPSA) is 49.3 Å². The molecule has 0 aromatic rings. The van der Waals surface area contributed by atoms with Crippen LogP contribution in [0.25, 0.3) is 0 Å². The molecule has 56 valence electrons. The summed E-state index contributed by atoms with van der Waals surface area (Å²) in [6.45, 7) is 1.95. The molecule has 1 amide bonds. The Labute approximate surface area is 61.9 Å². The van der Waals surface area contributed by atoms with Crippen LogP contribution in [0.2, 0.25) is 0 Å². The minimum Gasteiger partial charge on any atom is -0.464 e. The van der Waals surface area contributed by atoms with Crippen LogP contribution in [-0.2, 0) is 0 Å². The molecule has 0 aliphatic carbocycles. The molecule has 0 saturated heterocycles. The van der Waals surface area contributed by atoms with Gasteiger partial charge in [-0.2, -0.15) is 0 Å². The summed E-state index contributed by atoms with van der Waals surface area (Å²) in [5.41, 5.74) is 1.12. The van der Waals surface area contributed by atoms with Gasteiger partial charge in [0.2, 0.25) is 0 Å². The molecule has 0 spiro atoms. The lowest BCUT2D eigenvalue weighted by Gasteiger charge is -2.07. The van der Waals surface area contributed by atoms with E-state index in [1.807, 2.05) is 23.8 Å². The van der Waals surface area contributed by atoms with E-state index in [4.69, 9.17) is 5.11 Å². The third-order valence-electron chi connectivity index (χ3n) is 1.07. The first-order chi connectivity index (χ1) is 4.68. The lowest BCUT2D eigenvalue weighted by Crippen LogP contribution is -2.14. The molecule has 2 N–H and O–H groups in total. The molecule has 1 rings (SSSR count). The van der Waals surface area contributed by atoms with E-state index in [1.54, 1.807) is 0 Å². The average Bonchev–Trinajstić information content (AvgIpc) is 2.13. The standard InChI is InChI=1S/C6H9NO2S/c1-5-2-3-10(4-5)7-6(8)9/h2-4,7,10H,1H3,(H,8,9). The number of hydrogen-bond acceptors (Lipinski definition) is 1. The number of carbonyl (C=O) groups is 1. The van der Waals surface area contributed by atoms with Gasteiger partial charge in [0.25, 0.3) is 0 Å². The normalized spacial score (nSPS) is 26.1. The van der Waals surface area contributed by atoms with Crippen LogP contribution in [0.1, 0.15) is 6.92 Å². The highest BCUT2D eigenvalue weighted by atomic mass is 32.2. The van der Waals surface area contributed by atoms with E-state index in [0.29, 0.717) is 0 Å². The summed E-state index contributed by atoms with van der Waals surface area (Å²) in [7, 11) is 0. The quantitative estimate of drug-likeness (QED) is 0.509. The van der Waals surface area contributed by atoms with E-state index < -0.39 is 17.2 Å². The third-order valence-corrected chi connectivity index (χ3v) is 2.67. The van der Waals surface area contributed by atoms with Gasteiger partial charge in [-0.05, 0) is 23.3 Å². The molecule has 3 nitrogen and oxygen atoms in total. The van der Waals surface area contributed by atoms with Crippen LogP contribution in [0.15, 0.2) is 22.5 Å². The maximum Gasteiger partial charge on any atom is 0.413 e. The van der Waals surface area contributed by atoms with Gasteiger partial charge < -0.3 is 5.11 Å². The second-order valence-electron chi connectivity index (χ2n) is 2.01. The van der Waals surface area contributed by atoms with Crippen molar-refractivity contribution in [2.45, 2.75) is 6.92 Å². The van der Waals surface area contributed by atoms with Crippen molar-refractivity contribution in [3.63, 3.8) is 0 Å². The molecular weight excluding hydrogens is 150 g/mol. The minimum atomic E-state index is -0.957. The van der Waals surface area contributed by atoms with Crippen LogP contribution in [0.5, 0.6) is 0 Å². The van der Waals surface area contributed by atoms with E-state index in [9.17, 15) is 4.79 Å². The van der Waals surface area contributed by atoms with Gasteiger partial charge in [-0.3, -0.25) is 4.72 Å². The van der Waals surface area contributed by atoms with Gasteiger partial charge >= 0.3 is 6.09 Å². The molecule has 1 heterocycles. The highest BCUT2D eigenvalue weighted by Crippen LogP contribution is 2.31. The summed E-state index contributed by atoms with van der Waals surface area (Å²) in [6.07, 6.45) is 0.962. The molecular formula is C6H9NO2S. The zero-order valence-corrected chi connectivity index (χ0v) is 6.43. The van der Waals surface area contributed by atoms with E-state index in [2.05, 4.69) is 4.72 Å². The Morgan fingerprint density at radius 1 is 1.80 bits per heavy atom. The van der Waals surface area contributed by atoms with Gasteiger partial charge in [-0.25, -0.2) is 4.79 Å². The Hall–Kier alpha value is -0.900. The predicted molar refractivity (Wildman–Crippen MR) is 43.0 cm³/mol. The number of allylic oxidation sites excluding steroid dienone is 2. The summed E-state index contributed by atoms with van der Waals surface area (Å²) in [4.78, 5) is 10.1. The van der Waals surface area contributed by atoms with E-state index >= 15 is 0 Å². The first-order valence-corrected chi connectivity index (χ1v) is 4.31. The summed E-state index contributed by atoms with van der Waals surface area (Å²) in [5.74, 6) is 0. The molecule has 4 heteroatoms. The van der Waals surface area contributed by atoms with Crippen molar-refractivity contribution in [1.82, 2.24) is 4.72 Å². The number of carboxylic acid groups (broad SMARTS) is 1. The maximum atomic E-state index is 10.1. The average molecular weight is 159 g/mol. The van der Waals surface area contributed by atoms with Crippen LogP contribution in [-0.4, -0.2) is 11.2 Å². The predicted octanol–water partition coefficient (Wildman–Crippen LogP) is 1.60. The smallest absolute Gasteiger partial charge is 0.413 e. The summed E-state index contributed by atoms with van der Waals surface area (Å²) in [5, 5.41) is 12.1. The van der Waals surface area contributed by atoms with Gasteiger partial charge in [0.05, 0.1) is 0 Å². The van der Waals surface area contributed by atoms with Crippen molar-refractivity contribution < 1.29 is 9.90 Å². The summed E-state index contributed by atoms with van der Waals surface area (Å²) in [6, 6.07) is 0. The minimum absolute atomic E-state index is 0.716. The molecule has 0 saturated carbocycles. The third kappa shape index (κ3) is 1.80. The fourth-order valence-corrected chi connectivity index (χ4v) is 2.05. The molecule has 0 aromatic carbocycles. The molecule has 0 radical (unpaired) electrons. The molecule has 0 fully saturated rings. The molecule has 1 unspecified atom stereocenters. The second-order valence-corrected chi connectivity index (χ2v) is 3.61. The first kappa shape index (κ1) is 7.21. The molecule has 0 aromatic heterocycles. The molecule has 10 heavy (non-hydrogen) atoms. The monoisotopic (exact) mass is 159 g/mol. The van der Waals surface area contributed by atoms with Crippen LogP contribution in [0.4, 0.5) is 4.79 Å². The largest absolute Gasteiger partial charge is 0.464 e. The number of thiol groups is 1. The molecule has 1 atom stereocenters. The van der Waals surface area contributed by atoms with Crippen molar-refractivity contribution in [1.29, 1.82) is 0 Å². The zero-order chi connectivity index (χ0) is 7.56. The Kier molecular flexibility index (Phi) is 2.01. The molecule has 1 aliphatic rings. The van der Waals surface area contributed by atoms with Crippen molar-refractivity contribution in [3.8, 4) is 0 Å². The SMILES string of the molecule is CC1=C[SH](NC(=O)O)C=C1. The highest BCUT2D eigenvalue weighted by Gasteiger charge is 2.03. The van der Waals surface area contributed by atoms with Gasteiger partial charge in [0.15, 0.2) is 0 Å². The van der Waals surface area contributed by atoms with Crippen LogP contribution in [0.3, 0.4) is 0 Å². The van der Waals surface area contributed by atoms with Crippen LogP contribution < -0.4 is 4.72 Å². The van der Waals surface area contributed by atoms with Gasteiger partial charge in [-0.15, -0.1) is 11.1 Å².